The fourth-order valence-corrected chi connectivity index (χ4v) is 1.86. The normalized spacial score (nSPS) is 10.8. The van der Waals surface area contributed by atoms with Crippen LogP contribution in [0.2, 0.25) is 0 Å². The quantitative estimate of drug-likeness (QED) is 0.893. The highest BCUT2D eigenvalue weighted by molar-refractivity contribution is 5.31. The lowest BCUT2D eigenvalue weighted by Crippen LogP contribution is -2.06. The molecule has 94 valence electrons. The second-order valence-electron chi connectivity index (χ2n) is 4.84. The molecule has 2 rings (SSSR count). The van der Waals surface area contributed by atoms with E-state index in [1.807, 2.05) is 24.4 Å². The molecule has 0 spiro atoms. The van der Waals surface area contributed by atoms with Crippen LogP contribution in [0, 0.1) is 5.92 Å². The molecule has 0 saturated carbocycles. The van der Waals surface area contributed by atoms with Gasteiger partial charge in [-0.05, 0) is 24.0 Å². The van der Waals surface area contributed by atoms with E-state index in [0.29, 0.717) is 18.2 Å². The second kappa shape index (κ2) is 5.58. The largest absolute Gasteiger partial charge is 0.384 e. The fourth-order valence-electron chi connectivity index (χ4n) is 1.86. The fraction of sp³-hybridized carbons (Fsp3) is 0.357. The molecule has 4 heteroatoms. The standard InChI is InChI=1S/C14H18N4/c1-10(2)6-12-8-13(15)18-14(17-12)7-11-4-3-5-16-9-11/h3-5,8-10H,6-7H2,1-2H3,(H2,15,17,18). The lowest BCUT2D eigenvalue weighted by atomic mass is 10.1. The molecule has 2 aromatic heterocycles. The van der Waals surface area contributed by atoms with Crippen molar-refractivity contribution in [3.8, 4) is 0 Å². The van der Waals surface area contributed by atoms with Gasteiger partial charge < -0.3 is 5.73 Å². The van der Waals surface area contributed by atoms with Crippen molar-refractivity contribution in [1.82, 2.24) is 15.0 Å². The highest BCUT2D eigenvalue weighted by Crippen LogP contribution is 2.11. The maximum absolute atomic E-state index is 5.82. The van der Waals surface area contributed by atoms with Gasteiger partial charge in [0.1, 0.15) is 11.6 Å². The van der Waals surface area contributed by atoms with Crippen molar-refractivity contribution in [3.05, 3.63) is 47.7 Å². The number of pyridine rings is 1. The molecule has 0 unspecified atom stereocenters. The van der Waals surface area contributed by atoms with Crippen molar-refractivity contribution in [1.29, 1.82) is 0 Å². The number of anilines is 1. The summed E-state index contributed by atoms with van der Waals surface area (Å²) < 4.78 is 0. The predicted molar refractivity (Wildman–Crippen MR) is 72.0 cm³/mol. The van der Waals surface area contributed by atoms with Crippen molar-refractivity contribution in [2.75, 3.05) is 5.73 Å². The summed E-state index contributed by atoms with van der Waals surface area (Å²) in [6.07, 6.45) is 5.18. The number of nitrogens with two attached hydrogens (primary N) is 1. The average molecular weight is 242 g/mol. The minimum Gasteiger partial charge on any atom is -0.384 e. The molecule has 0 saturated heterocycles. The molecule has 18 heavy (non-hydrogen) atoms. The van der Waals surface area contributed by atoms with Gasteiger partial charge in [-0.3, -0.25) is 4.98 Å². The number of hydrogen-bond donors (Lipinski definition) is 1. The molecule has 0 aliphatic heterocycles. The van der Waals surface area contributed by atoms with E-state index in [2.05, 4.69) is 28.8 Å². The Kier molecular flexibility index (Phi) is 3.87. The third kappa shape index (κ3) is 3.52. The number of rotatable bonds is 4. The summed E-state index contributed by atoms with van der Waals surface area (Å²) in [6, 6.07) is 5.78. The Morgan fingerprint density at radius 1 is 1.28 bits per heavy atom. The molecular weight excluding hydrogens is 224 g/mol. The van der Waals surface area contributed by atoms with Crippen LogP contribution in [0.1, 0.15) is 30.9 Å². The van der Waals surface area contributed by atoms with Crippen LogP contribution in [-0.4, -0.2) is 15.0 Å². The monoisotopic (exact) mass is 242 g/mol. The number of nitrogen functional groups attached to an aromatic ring is 1. The first kappa shape index (κ1) is 12.5. The first-order valence-electron chi connectivity index (χ1n) is 6.14. The summed E-state index contributed by atoms with van der Waals surface area (Å²) in [6.45, 7) is 4.33. The summed E-state index contributed by atoms with van der Waals surface area (Å²) in [5.41, 5.74) is 7.93. The Morgan fingerprint density at radius 2 is 2.11 bits per heavy atom. The van der Waals surface area contributed by atoms with E-state index < -0.39 is 0 Å². The summed E-state index contributed by atoms with van der Waals surface area (Å²) >= 11 is 0. The third-order valence-electron chi connectivity index (χ3n) is 2.55. The van der Waals surface area contributed by atoms with Gasteiger partial charge in [-0.1, -0.05) is 19.9 Å². The van der Waals surface area contributed by atoms with Gasteiger partial charge in [0.05, 0.1) is 0 Å². The first-order chi connectivity index (χ1) is 8.63. The van der Waals surface area contributed by atoms with Gasteiger partial charge in [0, 0.05) is 30.6 Å². The average Bonchev–Trinajstić information content (AvgIpc) is 2.28. The first-order valence-corrected chi connectivity index (χ1v) is 6.14. The molecule has 0 aliphatic carbocycles. The topological polar surface area (TPSA) is 64.7 Å². The molecule has 0 bridgehead atoms. The smallest absolute Gasteiger partial charge is 0.135 e. The highest BCUT2D eigenvalue weighted by atomic mass is 14.9. The summed E-state index contributed by atoms with van der Waals surface area (Å²) in [5.74, 6) is 1.86. The highest BCUT2D eigenvalue weighted by Gasteiger charge is 2.06. The number of aromatic nitrogens is 3. The van der Waals surface area contributed by atoms with Crippen molar-refractivity contribution < 1.29 is 0 Å². The Hall–Kier alpha value is -1.97. The molecule has 0 radical (unpaired) electrons. The maximum Gasteiger partial charge on any atom is 0.135 e. The summed E-state index contributed by atoms with van der Waals surface area (Å²) in [5, 5.41) is 0. The molecule has 0 atom stereocenters. The molecule has 0 fully saturated rings. The van der Waals surface area contributed by atoms with Crippen molar-refractivity contribution in [3.63, 3.8) is 0 Å². The zero-order valence-electron chi connectivity index (χ0n) is 10.8. The van der Waals surface area contributed by atoms with Crippen LogP contribution >= 0.6 is 0 Å². The lowest BCUT2D eigenvalue weighted by molar-refractivity contribution is 0.631. The molecule has 4 nitrogen and oxygen atoms in total. The van der Waals surface area contributed by atoms with Gasteiger partial charge in [-0.2, -0.15) is 0 Å². The molecule has 0 aromatic carbocycles. The number of nitrogens with zero attached hydrogens (tertiary/aromatic N) is 3. The van der Waals surface area contributed by atoms with Crippen LogP contribution < -0.4 is 5.73 Å². The van der Waals surface area contributed by atoms with Crippen molar-refractivity contribution >= 4 is 5.82 Å². The third-order valence-corrected chi connectivity index (χ3v) is 2.55. The zero-order valence-corrected chi connectivity index (χ0v) is 10.8. The van der Waals surface area contributed by atoms with E-state index in [9.17, 15) is 0 Å². The van der Waals surface area contributed by atoms with Crippen LogP contribution in [0.5, 0.6) is 0 Å². The molecule has 0 amide bonds. The van der Waals surface area contributed by atoms with E-state index >= 15 is 0 Å². The van der Waals surface area contributed by atoms with E-state index in [1.165, 1.54) is 0 Å². The second-order valence-corrected chi connectivity index (χ2v) is 4.84. The minimum atomic E-state index is 0.541. The van der Waals surface area contributed by atoms with E-state index in [-0.39, 0.29) is 0 Å². The summed E-state index contributed by atoms with van der Waals surface area (Å²) in [7, 11) is 0. The van der Waals surface area contributed by atoms with Crippen molar-refractivity contribution in [2.45, 2.75) is 26.7 Å². The van der Waals surface area contributed by atoms with Crippen LogP contribution in [0.25, 0.3) is 0 Å². The van der Waals surface area contributed by atoms with Gasteiger partial charge in [-0.25, -0.2) is 9.97 Å². The van der Waals surface area contributed by atoms with E-state index in [1.54, 1.807) is 6.20 Å². The SMILES string of the molecule is CC(C)Cc1cc(N)nc(Cc2cccnc2)n1. The van der Waals surface area contributed by atoms with Crippen LogP contribution in [0.15, 0.2) is 30.6 Å². The Morgan fingerprint density at radius 3 is 2.78 bits per heavy atom. The molecular formula is C14H18N4. The van der Waals surface area contributed by atoms with E-state index in [4.69, 9.17) is 5.73 Å². The molecule has 0 aliphatic rings. The van der Waals surface area contributed by atoms with Gasteiger partial charge in [-0.15, -0.1) is 0 Å². The molecule has 2 heterocycles. The number of hydrogen-bond acceptors (Lipinski definition) is 4. The van der Waals surface area contributed by atoms with Gasteiger partial charge in [0.15, 0.2) is 0 Å². The molecule has 2 aromatic rings. The summed E-state index contributed by atoms with van der Waals surface area (Å²) in [4.78, 5) is 12.9. The molecule has 2 N–H and O–H groups in total. The van der Waals surface area contributed by atoms with Crippen LogP contribution in [0.3, 0.4) is 0 Å². The van der Waals surface area contributed by atoms with Gasteiger partial charge >= 0.3 is 0 Å². The predicted octanol–water partition coefficient (Wildman–Crippen LogP) is 2.24. The minimum absolute atomic E-state index is 0.541. The lowest BCUT2D eigenvalue weighted by Gasteiger charge is -2.07. The van der Waals surface area contributed by atoms with Crippen LogP contribution in [0.4, 0.5) is 5.82 Å². The van der Waals surface area contributed by atoms with Gasteiger partial charge in [0.25, 0.3) is 0 Å². The zero-order chi connectivity index (χ0) is 13.0. The van der Waals surface area contributed by atoms with E-state index in [0.717, 1.165) is 23.5 Å². The Labute approximate surface area is 107 Å². The van der Waals surface area contributed by atoms with Crippen LogP contribution in [-0.2, 0) is 12.8 Å². The van der Waals surface area contributed by atoms with Gasteiger partial charge in [0.2, 0.25) is 0 Å². The van der Waals surface area contributed by atoms with Crippen molar-refractivity contribution in [2.24, 2.45) is 5.92 Å². The Balaban J connectivity index is 2.20. The maximum atomic E-state index is 5.82. The Bertz CT molecular complexity index is 508.